The van der Waals surface area contributed by atoms with Crippen molar-refractivity contribution in [3.8, 4) is 0 Å². The number of hydrogen-bond acceptors (Lipinski definition) is 6. The zero-order valence-corrected chi connectivity index (χ0v) is 24.8. The van der Waals surface area contributed by atoms with E-state index in [0.717, 1.165) is 65.0 Å². The Hall–Kier alpha value is -2.29. The van der Waals surface area contributed by atoms with Crippen LogP contribution in [0.3, 0.4) is 0 Å². The number of benzene rings is 1. The van der Waals surface area contributed by atoms with Crippen molar-refractivity contribution in [2.45, 2.75) is 102 Å². The summed E-state index contributed by atoms with van der Waals surface area (Å²) in [7, 11) is 2.08. The zero-order chi connectivity index (χ0) is 27.6. The monoisotopic (exact) mass is 570 g/mol. The SMILES string of the molecule is Cc1nc(C2CC2c2cccc(CN(C)C3CC4CCC(C3)N4C(=O)OC(C)(C)C)c2F)c2cc(Cl)sc2n1. The Morgan fingerprint density at radius 3 is 2.59 bits per heavy atom. The fourth-order valence-corrected chi connectivity index (χ4v) is 7.82. The normalized spacial score (nSPS) is 26.5. The smallest absolute Gasteiger partial charge is 0.410 e. The van der Waals surface area contributed by atoms with E-state index in [4.69, 9.17) is 21.3 Å². The average molecular weight is 571 g/mol. The molecule has 1 amide bonds. The maximum Gasteiger partial charge on any atom is 0.410 e. The van der Waals surface area contributed by atoms with E-state index in [2.05, 4.69) is 16.9 Å². The number of nitrogens with zero attached hydrogens (tertiary/aromatic N) is 4. The summed E-state index contributed by atoms with van der Waals surface area (Å²) in [6, 6.07) is 8.43. The van der Waals surface area contributed by atoms with Gasteiger partial charge in [0.2, 0.25) is 0 Å². The summed E-state index contributed by atoms with van der Waals surface area (Å²) in [5.74, 6) is 0.912. The lowest BCUT2D eigenvalue weighted by atomic mass is 9.95. The Labute approximate surface area is 238 Å². The molecule has 39 heavy (non-hydrogen) atoms. The van der Waals surface area contributed by atoms with Crippen molar-refractivity contribution in [2.24, 2.45) is 0 Å². The van der Waals surface area contributed by atoms with E-state index in [9.17, 15) is 4.79 Å². The highest BCUT2D eigenvalue weighted by molar-refractivity contribution is 7.22. The first kappa shape index (κ1) is 26.9. The first-order chi connectivity index (χ1) is 18.5. The van der Waals surface area contributed by atoms with Gasteiger partial charge < -0.3 is 9.64 Å². The van der Waals surface area contributed by atoms with Crippen LogP contribution in [0.4, 0.5) is 9.18 Å². The summed E-state index contributed by atoms with van der Waals surface area (Å²) in [5, 5.41) is 0.992. The molecule has 0 radical (unpaired) electrons. The van der Waals surface area contributed by atoms with Crippen molar-refractivity contribution < 1.29 is 13.9 Å². The number of carbonyl (C=O) groups is 1. The van der Waals surface area contributed by atoms with E-state index in [1.807, 2.05) is 56.9 Å². The summed E-state index contributed by atoms with van der Waals surface area (Å²) >= 11 is 7.74. The van der Waals surface area contributed by atoms with E-state index >= 15 is 4.39 Å². The molecule has 4 heterocycles. The van der Waals surface area contributed by atoms with Gasteiger partial charge in [-0.15, -0.1) is 11.3 Å². The molecule has 3 aromatic rings. The van der Waals surface area contributed by atoms with Gasteiger partial charge in [0.15, 0.2) is 0 Å². The lowest BCUT2D eigenvalue weighted by Crippen LogP contribution is -2.52. The van der Waals surface area contributed by atoms with Crippen LogP contribution in [0.5, 0.6) is 0 Å². The minimum absolute atomic E-state index is 0.101. The summed E-state index contributed by atoms with van der Waals surface area (Å²) in [6.45, 7) is 8.17. The average Bonchev–Trinajstić information content (AvgIpc) is 3.47. The number of piperidine rings is 1. The number of aryl methyl sites for hydroxylation is 1. The van der Waals surface area contributed by atoms with Gasteiger partial charge in [-0.3, -0.25) is 4.90 Å². The first-order valence-corrected chi connectivity index (χ1v) is 15.1. The van der Waals surface area contributed by atoms with Gasteiger partial charge in [-0.2, -0.15) is 0 Å². The van der Waals surface area contributed by atoms with Gasteiger partial charge in [0.25, 0.3) is 0 Å². The lowest BCUT2D eigenvalue weighted by Gasteiger charge is -2.42. The minimum Gasteiger partial charge on any atom is -0.444 e. The summed E-state index contributed by atoms with van der Waals surface area (Å²) in [4.78, 5) is 27.3. The van der Waals surface area contributed by atoms with Gasteiger partial charge in [0.1, 0.15) is 22.1 Å². The predicted octanol–water partition coefficient (Wildman–Crippen LogP) is 7.43. The fourth-order valence-electron chi connectivity index (χ4n) is 6.68. The topological polar surface area (TPSA) is 58.6 Å². The molecule has 3 aliphatic rings. The number of amides is 1. The molecule has 1 aromatic carbocycles. The van der Waals surface area contributed by atoms with Crippen LogP contribution in [-0.4, -0.2) is 56.6 Å². The van der Waals surface area contributed by atoms with E-state index in [1.165, 1.54) is 11.3 Å². The molecule has 2 saturated heterocycles. The molecule has 0 spiro atoms. The number of thiophene rings is 1. The minimum atomic E-state index is -0.498. The second-order valence-corrected chi connectivity index (χ2v) is 14.2. The van der Waals surface area contributed by atoms with Crippen LogP contribution in [0.1, 0.15) is 87.4 Å². The molecule has 2 aromatic heterocycles. The van der Waals surface area contributed by atoms with Crippen LogP contribution in [0.2, 0.25) is 4.34 Å². The highest BCUT2D eigenvalue weighted by atomic mass is 35.5. The Kier molecular flexibility index (Phi) is 6.87. The first-order valence-electron chi connectivity index (χ1n) is 13.9. The number of hydrogen-bond donors (Lipinski definition) is 0. The summed E-state index contributed by atoms with van der Waals surface area (Å²) < 4.78 is 22.3. The third-order valence-electron chi connectivity index (χ3n) is 8.51. The molecule has 4 unspecified atom stereocenters. The number of ether oxygens (including phenoxy) is 1. The van der Waals surface area contributed by atoms with Crippen LogP contribution >= 0.6 is 22.9 Å². The van der Waals surface area contributed by atoms with Gasteiger partial charge >= 0.3 is 6.09 Å². The Bertz CT molecular complexity index is 1410. The van der Waals surface area contributed by atoms with E-state index < -0.39 is 5.60 Å². The lowest BCUT2D eigenvalue weighted by molar-refractivity contribution is -0.00282. The molecule has 2 aliphatic heterocycles. The second kappa shape index (κ2) is 9.96. The summed E-state index contributed by atoms with van der Waals surface area (Å²) in [5.41, 5.74) is 1.99. The van der Waals surface area contributed by atoms with Gasteiger partial charge in [-0.1, -0.05) is 29.8 Å². The van der Waals surface area contributed by atoms with Crippen molar-refractivity contribution >= 4 is 39.2 Å². The number of aromatic nitrogens is 2. The molecular formula is C30H36ClFN4O2S. The van der Waals surface area contributed by atoms with Crippen molar-refractivity contribution in [1.82, 2.24) is 19.8 Å². The van der Waals surface area contributed by atoms with Crippen molar-refractivity contribution in [3.63, 3.8) is 0 Å². The Morgan fingerprint density at radius 1 is 1.18 bits per heavy atom. The number of halogens is 2. The Morgan fingerprint density at radius 2 is 1.90 bits per heavy atom. The molecule has 6 rings (SSSR count). The van der Waals surface area contributed by atoms with Gasteiger partial charge in [0, 0.05) is 41.5 Å². The van der Waals surface area contributed by atoms with E-state index in [1.54, 1.807) is 0 Å². The number of fused-ring (bicyclic) bond motifs is 3. The highest BCUT2D eigenvalue weighted by Gasteiger charge is 2.46. The molecule has 0 N–H and O–H groups in total. The second-order valence-electron chi connectivity index (χ2n) is 12.5. The van der Waals surface area contributed by atoms with Crippen LogP contribution in [-0.2, 0) is 11.3 Å². The molecular weight excluding hydrogens is 535 g/mol. The van der Waals surface area contributed by atoms with Crippen LogP contribution in [0.25, 0.3) is 10.2 Å². The fraction of sp³-hybridized carbons (Fsp3) is 0.567. The van der Waals surface area contributed by atoms with Crippen LogP contribution in [0.15, 0.2) is 24.3 Å². The molecule has 2 bridgehead atoms. The molecule has 9 heteroatoms. The molecule has 6 nitrogen and oxygen atoms in total. The van der Waals surface area contributed by atoms with Crippen molar-refractivity contribution in [1.29, 1.82) is 0 Å². The Balaban J connectivity index is 1.15. The maximum absolute atomic E-state index is 15.9. The maximum atomic E-state index is 15.9. The third kappa shape index (κ3) is 5.27. The van der Waals surface area contributed by atoms with Crippen LogP contribution in [0, 0.1) is 12.7 Å². The molecule has 3 fully saturated rings. The van der Waals surface area contributed by atoms with E-state index in [-0.39, 0.29) is 35.8 Å². The van der Waals surface area contributed by atoms with Gasteiger partial charge in [-0.05, 0) is 84.4 Å². The zero-order valence-electron chi connectivity index (χ0n) is 23.2. The summed E-state index contributed by atoms with van der Waals surface area (Å²) in [6.07, 6.45) is 4.48. The standard InChI is InChI=1S/C30H36ClFN4O2S/c1-16-33-27(24-14-25(31)39-28(24)34-16)23-13-22(23)21-8-6-7-17(26(21)32)15-35(5)20-11-18-9-10-19(12-20)36(18)29(37)38-30(2,3)4/h6-8,14,18-20,22-23H,9-13,15H2,1-5H3. The van der Waals surface area contributed by atoms with Crippen LogP contribution < -0.4 is 0 Å². The quantitative estimate of drug-likeness (QED) is 0.319. The van der Waals surface area contributed by atoms with Crippen molar-refractivity contribution in [2.75, 3.05) is 7.05 Å². The predicted molar refractivity (Wildman–Crippen MR) is 153 cm³/mol. The number of rotatable bonds is 5. The molecule has 1 saturated carbocycles. The largest absolute Gasteiger partial charge is 0.444 e. The van der Waals surface area contributed by atoms with Gasteiger partial charge in [0.05, 0.1) is 10.0 Å². The highest BCUT2D eigenvalue weighted by Crippen LogP contribution is 2.56. The van der Waals surface area contributed by atoms with E-state index in [0.29, 0.717) is 16.9 Å². The van der Waals surface area contributed by atoms with Crippen molar-refractivity contribution in [3.05, 3.63) is 57.1 Å². The third-order valence-corrected chi connectivity index (χ3v) is 9.67. The molecule has 1 aliphatic carbocycles. The molecule has 208 valence electrons. The van der Waals surface area contributed by atoms with Gasteiger partial charge in [-0.25, -0.2) is 19.2 Å². The number of carbonyl (C=O) groups excluding carboxylic acids is 1. The molecule has 4 atom stereocenters.